The van der Waals surface area contributed by atoms with Crippen molar-refractivity contribution in [1.29, 1.82) is 0 Å². The standard InChI is InChI=1S/C12H20N2O3/c1-10(11-5-3-8-17-11)14-9-12(15)13-6-4-7-16-2/h3,5,8,10,14H,4,6-7,9H2,1-2H3,(H,13,15)/t10-/m0/s1. The van der Waals surface area contributed by atoms with Crippen molar-refractivity contribution in [3.8, 4) is 0 Å². The first-order chi connectivity index (χ1) is 8.24. The minimum Gasteiger partial charge on any atom is -0.468 e. The number of carbonyl (C=O) groups excluding carboxylic acids is 1. The van der Waals surface area contributed by atoms with Gasteiger partial charge in [0, 0.05) is 20.3 Å². The molecular formula is C12H20N2O3. The van der Waals surface area contributed by atoms with Gasteiger partial charge in [-0.05, 0) is 25.5 Å². The zero-order chi connectivity index (χ0) is 12.5. The average Bonchev–Trinajstić information content (AvgIpc) is 2.85. The normalized spacial score (nSPS) is 12.4. The number of nitrogens with one attached hydrogen (secondary N) is 2. The first kappa shape index (κ1) is 13.7. The number of rotatable bonds is 8. The lowest BCUT2D eigenvalue weighted by Gasteiger charge is -2.11. The van der Waals surface area contributed by atoms with Gasteiger partial charge in [0.05, 0.1) is 18.8 Å². The van der Waals surface area contributed by atoms with Gasteiger partial charge in [-0.25, -0.2) is 0 Å². The molecule has 0 unspecified atom stereocenters. The predicted octanol–water partition coefficient (Wildman–Crippen LogP) is 1.08. The molecule has 1 aromatic rings. The van der Waals surface area contributed by atoms with Crippen molar-refractivity contribution in [3.63, 3.8) is 0 Å². The Morgan fingerprint density at radius 2 is 2.41 bits per heavy atom. The quantitative estimate of drug-likeness (QED) is 0.667. The zero-order valence-corrected chi connectivity index (χ0v) is 10.4. The van der Waals surface area contributed by atoms with Crippen molar-refractivity contribution in [1.82, 2.24) is 10.6 Å². The number of hydrogen-bond acceptors (Lipinski definition) is 4. The molecule has 0 saturated heterocycles. The monoisotopic (exact) mass is 240 g/mol. The van der Waals surface area contributed by atoms with Crippen LogP contribution in [0.25, 0.3) is 0 Å². The minimum atomic E-state index is -0.0143. The van der Waals surface area contributed by atoms with Crippen LogP contribution < -0.4 is 10.6 Å². The van der Waals surface area contributed by atoms with E-state index in [9.17, 15) is 4.79 Å². The fourth-order valence-electron chi connectivity index (χ4n) is 1.39. The van der Waals surface area contributed by atoms with E-state index in [1.54, 1.807) is 13.4 Å². The Labute approximate surface area is 102 Å². The van der Waals surface area contributed by atoms with E-state index in [0.29, 0.717) is 13.2 Å². The second-order valence-corrected chi connectivity index (χ2v) is 3.81. The molecule has 1 amide bonds. The van der Waals surface area contributed by atoms with Crippen LogP contribution in [0.1, 0.15) is 25.1 Å². The Morgan fingerprint density at radius 3 is 3.06 bits per heavy atom. The van der Waals surface area contributed by atoms with Crippen LogP contribution in [0.5, 0.6) is 0 Å². The van der Waals surface area contributed by atoms with E-state index in [2.05, 4.69) is 10.6 Å². The Hall–Kier alpha value is -1.33. The highest BCUT2D eigenvalue weighted by molar-refractivity contribution is 5.77. The van der Waals surface area contributed by atoms with Crippen molar-refractivity contribution in [3.05, 3.63) is 24.2 Å². The summed E-state index contributed by atoms with van der Waals surface area (Å²) in [7, 11) is 1.65. The summed E-state index contributed by atoms with van der Waals surface area (Å²) in [6, 6.07) is 3.75. The molecule has 96 valence electrons. The van der Waals surface area contributed by atoms with E-state index >= 15 is 0 Å². The van der Waals surface area contributed by atoms with Gasteiger partial charge in [-0.15, -0.1) is 0 Å². The maximum Gasteiger partial charge on any atom is 0.233 e. The zero-order valence-electron chi connectivity index (χ0n) is 10.4. The predicted molar refractivity (Wildman–Crippen MR) is 64.6 cm³/mol. The van der Waals surface area contributed by atoms with E-state index in [1.807, 2.05) is 19.1 Å². The molecule has 1 rings (SSSR count). The van der Waals surface area contributed by atoms with Crippen LogP contribution in [0.3, 0.4) is 0 Å². The molecule has 2 N–H and O–H groups in total. The molecule has 1 heterocycles. The number of hydrogen-bond donors (Lipinski definition) is 2. The number of methoxy groups -OCH3 is 1. The summed E-state index contributed by atoms with van der Waals surface area (Å²) in [5.74, 6) is 0.816. The van der Waals surface area contributed by atoms with Crippen molar-refractivity contribution in [2.45, 2.75) is 19.4 Å². The van der Waals surface area contributed by atoms with Crippen LogP contribution in [-0.4, -0.2) is 32.7 Å². The summed E-state index contributed by atoms with van der Waals surface area (Å²) in [5.41, 5.74) is 0. The summed E-state index contributed by atoms with van der Waals surface area (Å²) in [6.07, 6.45) is 2.45. The highest BCUT2D eigenvalue weighted by Crippen LogP contribution is 2.11. The van der Waals surface area contributed by atoms with Crippen LogP contribution in [0.2, 0.25) is 0 Å². The highest BCUT2D eigenvalue weighted by Gasteiger charge is 2.09. The molecular weight excluding hydrogens is 220 g/mol. The third-order valence-corrected chi connectivity index (χ3v) is 2.39. The largest absolute Gasteiger partial charge is 0.468 e. The maximum absolute atomic E-state index is 11.4. The number of furan rings is 1. The maximum atomic E-state index is 11.4. The molecule has 5 nitrogen and oxygen atoms in total. The van der Waals surface area contributed by atoms with Gasteiger partial charge in [0.25, 0.3) is 0 Å². The Kier molecular flexibility index (Phi) is 6.35. The van der Waals surface area contributed by atoms with E-state index < -0.39 is 0 Å². The third kappa shape index (κ3) is 5.51. The molecule has 1 aromatic heterocycles. The van der Waals surface area contributed by atoms with Gasteiger partial charge in [0.2, 0.25) is 5.91 Å². The lowest BCUT2D eigenvalue weighted by atomic mass is 10.2. The van der Waals surface area contributed by atoms with Crippen LogP contribution in [0, 0.1) is 0 Å². The van der Waals surface area contributed by atoms with Crippen molar-refractivity contribution >= 4 is 5.91 Å². The molecule has 0 saturated carbocycles. The van der Waals surface area contributed by atoms with Gasteiger partial charge in [0.1, 0.15) is 5.76 Å². The van der Waals surface area contributed by atoms with Crippen LogP contribution in [-0.2, 0) is 9.53 Å². The lowest BCUT2D eigenvalue weighted by Crippen LogP contribution is -2.35. The SMILES string of the molecule is COCCCNC(=O)CN[C@@H](C)c1ccco1. The van der Waals surface area contributed by atoms with Crippen molar-refractivity contribution < 1.29 is 13.9 Å². The summed E-state index contributed by atoms with van der Waals surface area (Å²) < 4.78 is 10.1. The number of carbonyl (C=O) groups is 1. The molecule has 0 fully saturated rings. The van der Waals surface area contributed by atoms with E-state index in [1.165, 1.54) is 0 Å². The average molecular weight is 240 g/mol. The summed E-state index contributed by atoms with van der Waals surface area (Å²) in [6.45, 7) is 3.55. The van der Waals surface area contributed by atoms with Crippen LogP contribution in [0.4, 0.5) is 0 Å². The third-order valence-electron chi connectivity index (χ3n) is 2.39. The first-order valence-corrected chi connectivity index (χ1v) is 5.76. The summed E-state index contributed by atoms with van der Waals surface area (Å²) in [5, 5.41) is 5.89. The molecule has 0 radical (unpaired) electrons. The van der Waals surface area contributed by atoms with E-state index in [-0.39, 0.29) is 18.5 Å². The van der Waals surface area contributed by atoms with Gasteiger partial charge in [-0.2, -0.15) is 0 Å². The number of amides is 1. The van der Waals surface area contributed by atoms with Gasteiger partial charge in [-0.3, -0.25) is 10.1 Å². The molecule has 0 aliphatic rings. The Bertz CT molecular complexity index is 312. The summed E-state index contributed by atoms with van der Waals surface area (Å²) in [4.78, 5) is 11.4. The van der Waals surface area contributed by atoms with E-state index in [0.717, 1.165) is 12.2 Å². The van der Waals surface area contributed by atoms with Crippen LogP contribution >= 0.6 is 0 Å². The molecule has 5 heteroatoms. The van der Waals surface area contributed by atoms with Gasteiger partial charge in [0.15, 0.2) is 0 Å². The first-order valence-electron chi connectivity index (χ1n) is 5.76. The highest BCUT2D eigenvalue weighted by atomic mass is 16.5. The molecule has 0 aliphatic heterocycles. The molecule has 0 bridgehead atoms. The Balaban J connectivity index is 2.11. The second kappa shape index (κ2) is 7.86. The smallest absolute Gasteiger partial charge is 0.233 e. The fourth-order valence-corrected chi connectivity index (χ4v) is 1.39. The lowest BCUT2D eigenvalue weighted by molar-refractivity contribution is -0.120. The molecule has 0 aromatic carbocycles. The van der Waals surface area contributed by atoms with Crippen molar-refractivity contribution in [2.75, 3.05) is 26.8 Å². The van der Waals surface area contributed by atoms with Crippen LogP contribution in [0.15, 0.2) is 22.8 Å². The van der Waals surface area contributed by atoms with Gasteiger partial charge >= 0.3 is 0 Å². The minimum absolute atomic E-state index is 0.0143. The van der Waals surface area contributed by atoms with Crippen molar-refractivity contribution in [2.24, 2.45) is 0 Å². The molecule has 17 heavy (non-hydrogen) atoms. The topological polar surface area (TPSA) is 63.5 Å². The molecule has 1 atom stereocenters. The molecule has 0 aliphatic carbocycles. The second-order valence-electron chi connectivity index (χ2n) is 3.81. The molecule has 0 spiro atoms. The fraction of sp³-hybridized carbons (Fsp3) is 0.583. The van der Waals surface area contributed by atoms with Gasteiger partial charge in [-0.1, -0.05) is 0 Å². The Morgan fingerprint density at radius 1 is 1.59 bits per heavy atom. The summed E-state index contributed by atoms with van der Waals surface area (Å²) >= 11 is 0. The van der Waals surface area contributed by atoms with E-state index in [4.69, 9.17) is 9.15 Å². The van der Waals surface area contributed by atoms with Gasteiger partial charge < -0.3 is 14.5 Å². The number of ether oxygens (including phenoxy) is 1.